The molecule has 0 aromatic carbocycles. The van der Waals surface area contributed by atoms with Crippen molar-refractivity contribution in [3.8, 4) is 6.07 Å². The zero-order valence-corrected chi connectivity index (χ0v) is 5.92. The topological polar surface area (TPSA) is 40.9 Å². The first-order chi connectivity index (χ1) is 4.76. The third kappa shape index (κ3) is 2.27. The maximum atomic E-state index is 10.7. The van der Waals surface area contributed by atoms with Crippen LogP contribution in [0.2, 0.25) is 0 Å². The molecule has 2 heteroatoms. The largest absolute Gasteiger partial charge is 0.289 e. The van der Waals surface area contributed by atoms with Crippen molar-refractivity contribution in [1.82, 2.24) is 0 Å². The van der Waals surface area contributed by atoms with E-state index >= 15 is 0 Å². The molecule has 0 unspecified atom stereocenters. The molecular formula is C8H9NO. The molecule has 0 aliphatic carbocycles. The molecule has 0 aliphatic rings. The van der Waals surface area contributed by atoms with Crippen LogP contribution in [-0.2, 0) is 4.79 Å². The van der Waals surface area contributed by atoms with Crippen molar-refractivity contribution >= 4 is 5.78 Å². The zero-order chi connectivity index (χ0) is 7.98. The maximum Gasteiger partial charge on any atom is 0.195 e. The first-order valence-electron chi connectivity index (χ1n) is 3.03. The summed E-state index contributed by atoms with van der Waals surface area (Å²) in [7, 11) is 0. The Morgan fingerprint density at radius 2 is 2.40 bits per heavy atom. The van der Waals surface area contributed by atoms with Gasteiger partial charge in [0.25, 0.3) is 0 Å². The fourth-order valence-corrected chi connectivity index (χ4v) is 0.515. The third-order valence-corrected chi connectivity index (χ3v) is 0.980. The Balaban J connectivity index is 4.39. The first kappa shape index (κ1) is 8.64. The lowest BCUT2D eigenvalue weighted by Crippen LogP contribution is -1.94. The highest BCUT2D eigenvalue weighted by Gasteiger charge is 2.00. The molecule has 0 atom stereocenters. The van der Waals surface area contributed by atoms with Gasteiger partial charge in [0.15, 0.2) is 5.78 Å². The molecule has 10 heavy (non-hydrogen) atoms. The second kappa shape index (κ2) is 4.51. The van der Waals surface area contributed by atoms with Gasteiger partial charge in [0, 0.05) is 0 Å². The van der Waals surface area contributed by atoms with Gasteiger partial charge in [-0.3, -0.25) is 4.79 Å². The fraction of sp³-hybridized carbons (Fsp3) is 0.250. The number of carbonyl (C=O) groups is 1. The fourth-order valence-electron chi connectivity index (χ4n) is 0.515. The van der Waals surface area contributed by atoms with Crippen LogP contribution in [0.25, 0.3) is 0 Å². The predicted octanol–water partition coefficient (Wildman–Crippen LogP) is 1.60. The van der Waals surface area contributed by atoms with Crippen molar-refractivity contribution in [3.63, 3.8) is 0 Å². The van der Waals surface area contributed by atoms with Gasteiger partial charge in [-0.2, -0.15) is 5.26 Å². The Labute approximate surface area is 60.5 Å². The Morgan fingerprint density at radius 3 is 2.70 bits per heavy atom. The van der Waals surface area contributed by atoms with Crippen LogP contribution in [0.4, 0.5) is 0 Å². The minimum Gasteiger partial charge on any atom is -0.289 e. The molecule has 0 aromatic heterocycles. The molecule has 0 amide bonds. The van der Waals surface area contributed by atoms with Gasteiger partial charge in [-0.05, 0) is 12.5 Å². The molecule has 0 rings (SSSR count). The summed E-state index contributed by atoms with van der Waals surface area (Å²) in [6.45, 7) is 5.14. The van der Waals surface area contributed by atoms with Gasteiger partial charge in [-0.15, -0.1) is 0 Å². The quantitative estimate of drug-likeness (QED) is 0.435. The van der Waals surface area contributed by atoms with E-state index in [-0.39, 0.29) is 11.4 Å². The van der Waals surface area contributed by atoms with Gasteiger partial charge < -0.3 is 0 Å². The third-order valence-electron chi connectivity index (χ3n) is 0.980. The molecule has 52 valence electrons. The van der Waals surface area contributed by atoms with E-state index < -0.39 is 0 Å². The van der Waals surface area contributed by atoms with E-state index in [4.69, 9.17) is 5.26 Å². The van der Waals surface area contributed by atoms with E-state index in [2.05, 4.69) is 6.58 Å². The summed E-state index contributed by atoms with van der Waals surface area (Å²) in [6.07, 6.45) is 3.43. The Kier molecular flexibility index (Phi) is 3.90. The molecule has 2 nitrogen and oxygen atoms in total. The van der Waals surface area contributed by atoms with Crippen LogP contribution in [0.3, 0.4) is 0 Å². The SMILES string of the molecule is C=CC(=O)C(C#N)=CCC. The molecule has 0 radical (unpaired) electrons. The van der Waals surface area contributed by atoms with Crippen LogP contribution in [0, 0.1) is 11.3 Å². The number of nitriles is 1. The van der Waals surface area contributed by atoms with E-state index in [0.29, 0.717) is 6.42 Å². The first-order valence-corrected chi connectivity index (χ1v) is 3.03. The number of rotatable bonds is 3. The normalized spacial score (nSPS) is 10.2. The van der Waals surface area contributed by atoms with Gasteiger partial charge in [0.1, 0.15) is 6.07 Å². The maximum absolute atomic E-state index is 10.7. The highest BCUT2D eigenvalue weighted by Crippen LogP contribution is 1.96. The lowest BCUT2D eigenvalue weighted by atomic mass is 10.1. The smallest absolute Gasteiger partial charge is 0.195 e. The number of hydrogen-bond donors (Lipinski definition) is 0. The van der Waals surface area contributed by atoms with E-state index in [1.807, 2.05) is 6.92 Å². The number of hydrogen-bond acceptors (Lipinski definition) is 2. The second-order valence-electron chi connectivity index (χ2n) is 1.71. The number of ketones is 1. The lowest BCUT2D eigenvalue weighted by molar-refractivity contribution is -0.111. The Morgan fingerprint density at radius 1 is 1.80 bits per heavy atom. The van der Waals surface area contributed by atoms with E-state index in [1.54, 1.807) is 12.1 Å². The molecule has 0 fully saturated rings. The van der Waals surface area contributed by atoms with E-state index in [9.17, 15) is 4.79 Å². The number of allylic oxidation sites excluding steroid dienone is 3. The predicted molar refractivity (Wildman–Crippen MR) is 39.2 cm³/mol. The van der Waals surface area contributed by atoms with Crippen LogP contribution in [-0.4, -0.2) is 5.78 Å². The van der Waals surface area contributed by atoms with E-state index in [0.717, 1.165) is 6.08 Å². The number of carbonyl (C=O) groups excluding carboxylic acids is 1. The molecule has 0 saturated heterocycles. The summed E-state index contributed by atoms with van der Waals surface area (Å²) in [5, 5.41) is 8.37. The molecule has 0 N–H and O–H groups in total. The standard InChI is InChI=1S/C8H9NO/c1-3-5-7(6-9)8(10)4-2/h4-5H,2-3H2,1H3. The van der Waals surface area contributed by atoms with Gasteiger partial charge in [0.05, 0.1) is 5.57 Å². The Bertz CT molecular complexity index is 208. The monoisotopic (exact) mass is 135 g/mol. The van der Waals surface area contributed by atoms with Crippen molar-refractivity contribution in [2.75, 3.05) is 0 Å². The average molecular weight is 135 g/mol. The summed E-state index contributed by atoms with van der Waals surface area (Å²) in [4.78, 5) is 10.7. The molecule has 0 spiro atoms. The Hall–Kier alpha value is -1.36. The second-order valence-corrected chi connectivity index (χ2v) is 1.71. The van der Waals surface area contributed by atoms with Crippen molar-refractivity contribution in [2.45, 2.75) is 13.3 Å². The minimum atomic E-state index is -0.302. The van der Waals surface area contributed by atoms with Crippen LogP contribution in [0.15, 0.2) is 24.3 Å². The summed E-state index contributed by atoms with van der Waals surface area (Å²) >= 11 is 0. The van der Waals surface area contributed by atoms with Crippen molar-refractivity contribution < 1.29 is 4.79 Å². The van der Waals surface area contributed by atoms with Gasteiger partial charge in [0.2, 0.25) is 0 Å². The minimum absolute atomic E-state index is 0.178. The molecule has 0 saturated carbocycles. The highest BCUT2D eigenvalue weighted by molar-refractivity contribution is 6.06. The summed E-state index contributed by atoms with van der Waals surface area (Å²) < 4.78 is 0. The van der Waals surface area contributed by atoms with Crippen LogP contribution >= 0.6 is 0 Å². The van der Waals surface area contributed by atoms with Crippen molar-refractivity contribution in [3.05, 3.63) is 24.3 Å². The lowest BCUT2D eigenvalue weighted by Gasteiger charge is -1.86. The van der Waals surface area contributed by atoms with Crippen molar-refractivity contribution in [1.29, 1.82) is 5.26 Å². The van der Waals surface area contributed by atoms with Crippen LogP contribution in [0.5, 0.6) is 0 Å². The zero-order valence-electron chi connectivity index (χ0n) is 5.92. The average Bonchev–Trinajstić information content (AvgIpc) is 1.99. The molecule has 0 aromatic rings. The summed E-state index contributed by atoms with van der Waals surface area (Å²) in [6, 6.07) is 1.79. The van der Waals surface area contributed by atoms with Gasteiger partial charge in [-0.25, -0.2) is 0 Å². The summed E-state index contributed by atoms with van der Waals surface area (Å²) in [5.41, 5.74) is 0.178. The number of nitrogens with zero attached hydrogens (tertiary/aromatic N) is 1. The van der Waals surface area contributed by atoms with Crippen LogP contribution < -0.4 is 0 Å². The molecular weight excluding hydrogens is 126 g/mol. The molecule has 0 heterocycles. The van der Waals surface area contributed by atoms with Crippen molar-refractivity contribution in [2.24, 2.45) is 0 Å². The highest BCUT2D eigenvalue weighted by atomic mass is 16.1. The van der Waals surface area contributed by atoms with Crippen LogP contribution in [0.1, 0.15) is 13.3 Å². The van der Waals surface area contributed by atoms with E-state index in [1.165, 1.54) is 0 Å². The molecule has 0 aliphatic heterocycles. The van der Waals surface area contributed by atoms with Gasteiger partial charge >= 0.3 is 0 Å². The summed E-state index contributed by atoms with van der Waals surface area (Å²) in [5.74, 6) is -0.302. The van der Waals surface area contributed by atoms with Gasteiger partial charge in [-0.1, -0.05) is 19.6 Å². The molecule has 0 bridgehead atoms.